The maximum Gasteiger partial charge on any atom is 0.191 e. The number of phenols is 1. The molecule has 2 rings (SSSR count). The molecule has 0 saturated heterocycles. The van der Waals surface area contributed by atoms with E-state index in [9.17, 15) is 5.11 Å². The molecule has 0 aliphatic carbocycles. The number of para-hydroxylation sites is 2. The first-order chi connectivity index (χ1) is 10.7. The van der Waals surface area contributed by atoms with Gasteiger partial charge in [0.1, 0.15) is 5.75 Å². The summed E-state index contributed by atoms with van der Waals surface area (Å²) in [5.74, 6) is 0.204. The third kappa shape index (κ3) is 4.43. The fourth-order valence-corrected chi connectivity index (χ4v) is 2.05. The molecule has 0 aromatic heterocycles. The van der Waals surface area contributed by atoms with Gasteiger partial charge in [0.25, 0.3) is 0 Å². The van der Waals surface area contributed by atoms with E-state index in [1.807, 2.05) is 42.5 Å². The van der Waals surface area contributed by atoms with Crippen LogP contribution in [0.3, 0.4) is 0 Å². The summed E-state index contributed by atoms with van der Waals surface area (Å²) < 4.78 is 0. The van der Waals surface area contributed by atoms with Gasteiger partial charge >= 0.3 is 0 Å². The lowest BCUT2D eigenvalue weighted by atomic mass is 10.1. The van der Waals surface area contributed by atoms with Gasteiger partial charge in [-0.05, 0) is 42.4 Å². The Labute approximate surface area is 135 Å². The highest BCUT2D eigenvalue weighted by atomic mass is 32.1. The van der Waals surface area contributed by atoms with E-state index in [1.54, 1.807) is 12.1 Å². The van der Waals surface area contributed by atoms with E-state index in [4.69, 9.17) is 12.2 Å². The van der Waals surface area contributed by atoms with Gasteiger partial charge in [0, 0.05) is 11.3 Å². The molecule has 3 N–H and O–H groups in total. The summed E-state index contributed by atoms with van der Waals surface area (Å²) in [5, 5.41) is 17.5. The van der Waals surface area contributed by atoms with Crippen LogP contribution in [0.4, 0.5) is 5.69 Å². The molecule has 0 atom stereocenters. The SMILES string of the molecule is C=CCc1cccc(C=NNC(=S)Nc2ccccc2)c1O. The normalized spacial score (nSPS) is 10.4. The van der Waals surface area contributed by atoms with Crippen molar-refractivity contribution in [3.63, 3.8) is 0 Å². The number of allylic oxidation sites excluding steroid dienone is 1. The molecular weight excluding hydrogens is 294 g/mol. The standard InChI is InChI=1S/C17H17N3OS/c1-2-7-13-8-6-9-14(16(13)21)12-18-20-17(22)19-15-10-4-3-5-11-15/h2-6,8-12,21H,1,7H2,(H2,19,20,22). The smallest absolute Gasteiger partial charge is 0.191 e. The average molecular weight is 311 g/mol. The van der Waals surface area contributed by atoms with Crippen molar-refractivity contribution in [1.29, 1.82) is 0 Å². The van der Waals surface area contributed by atoms with Crippen LogP contribution in [-0.2, 0) is 6.42 Å². The summed E-state index contributed by atoms with van der Waals surface area (Å²) in [6.07, 6.45) is 3.88. The van der Waals surface area contributed by atoms with Gasteiger partial charge in [-0.25, -0.2) is 0 Å². The van der Waals surface area contributed by atoms with Crippen LogP contribution in [0.2, 0.25) is 0 Å². The van der Waals surface area contributed by atoms with Crippen LogP contribution in [0.25, 0.3) is 0 Å². The van der Waals surface area contributed by atoms with Gasteiger partial charge in [-0.2, -0.15) is 5.10 Å². The molecule has 0 unspecified atom stereocenters. The monoisotopic (exact) mass is 311 g/mol. The zero-order valence-electron chi connectivity index (χ0n) is 12.0. The van der Waals surface area contributed by atoms with E-state index >= 15 is 0 Å². The number of anilines is 1. The molecule has 0 radical (unpaired) electrons. The molecule has 0 aliphatic rings. The number of nitrogens with zero attached hydrogens (tertiary/aromatic N) is 1. The van der Waals surface area contributed by atoms with Gasteiger partial charge < -0.3 is 10.4 Å². The van der Waals surface area contributed by atoms with Crippen molar-refractivity contribution < 1.29 is 5.11 Å². The second kappa shape index (κ2) is 7.95. The number of benzene rings is 2. The molecule has 22 heavy (non-hydrogen) atoms. The first-order valence-electron chi connectivity index (χ1n) is 6.77. The van der Waals surface area contributed by atoms with Crippen LogP contribution >= 0.6 is 12.2 Å². The summed E-state index contributed by atoms with van der Waals surface area (Å²) in [6, 6.07) is 15.1. The van der Waals surface area contributed by atoms with Crippen molar-refractivity contribution in [2.45, 2.75) is 6.42 Å². The van der Waals surface area contributed by atoms with E-state index < -0.39 is 0 Å². The number of phenolic OH excluding ortho intramolecular Hbond substituents is 1. The number of hydrogen-bond donors (Lipinski definition) is 3. The summed E-state index contributed by atoms with van der Waals surface area (Å²) in [6.45, 7) is 3.67. The molecule has 2 aromatic rings. The van der Waals surface area contributed by atoms with Gasteiger partial charge in [0.15, 0.2) is 5.11 Å². The minimum Gasteiger partial charge on any atom is -0.507 e. The van der Waals surface area contributed by atoms with Gasteiger partial charge in [0.2, 0.25) is 0 Å². The lowest BCUT2D eigenvalue weighted by Gasteiger charge is -2.07. The van der Waals surface area contributed by atoms with Gasteiger partial charge in [-0.15, -0.1) is 6.58 Å². The zero-order chi connectivity index (χ0) is 15.8. The molecule has 112 valence electrons. The number of hydrazone groups is 1. The van der Waals surface area contributed by atoms with E-state index in [-0.39, 0.29) is 5.75 Å². The fraction of sp³-hybridized carbons (Fsp3) is 0.0588. The quantitative estimate of drug-likeness (QED) is 0.343. The second-order valence-electron chi connectivity index (χ2n) is 4.54. The number of hydrogen-bond acceptors (Lipinski definition) is 3. The average Bonchev–Trinajstić information content (AvgIpc) is 2.52. The van der Waals surface area contributed by atoms with E-state index in [2.05, 4.69) is 22.4 Å². The Balaban J connectivity index is 1.96. The largest absolute Gasteiger partial charge is 0.507 e. The Kier molecular flexibility index (Phi) is 5.68. The summed E-state index contributed by atoms with van der Waals surface area (Å²) in [4.78, 5) is 0. The topological polar surface area (TPSA) is 56.7 Å². The molecule has 0 amide bonds. The Bertz CT molecular complexity index is 684. The Hall–Kier alpha value is -2.66. The highest BCUT2D eigenvalue weighted by Gasteiger charge is 2.03. The van der Waals surface area contributed by atoms with E-state index in [1.165, 1.54) is 6.21 Å². The molecule has 5 heteroatoms. The van der Waals surface area contributed by atoms with Crippen LogP contribution in [0, 0.1) is 0 Å². The van der Waals surface area contributed by atoms with Gasteiger partial charge in [-0.1, -0.05) is 36.4 Å². The van der Waals surface area contributed by atoms with Crippen molar-refractivity contribution in [3.8, 4) is 5.75 Å². The molecule has 0 spiro atoms. The first kappa shape index (κ1) is 15.7. The fourth-order valence-electron chi connectivity index (χ4n) is 1.88. The summed E-state index contributed by atoms with van der Waals surface area (Å²) in [5.41, 5.74) is 5.03. The predicted molar refractivity (Wildman–Crippen MR) is 95.4 cm³/mol. The predicted octanol–water partition coefficient (Wildman–Crippen LogP) is 3.44. The first-order valence-corrected chi connectivity index (χ1v) is 7.18. The molecule has 0 saturated carbocycles. The highest BCUT2D eigenvalue weighted by molar-refractivity contribution is 7.80. The number of rotatable bonds is 5. The van der Waals surface area contributed by atoms with Crippen LogP contribution in [0.5, 0.6) is 5.75 Å². The second-order valence-corrected chi connectivity index (χ2v) is 4.95. The lowest BCUT2D eigenvalue weighted by molar-refractivity contribution is 0.469. The molecule has 0 aliphatic heterocycles. The number of thiocarbonyl (C=S) groups is 1. The number of nitrogens with one attached hydrogen (secondary N) is 2. The van der Waals surface area contributed by atoms with E-state index in [0.717, 1.165) is 11.3 Å². The highest BCUT2D eigenvalue weighted by Crippen LogP contribution is 2.21. The molecule has 0 heterocycles. The number of aromatic hydroxyl groups is 1. The lowest BCUT2D eigenvalue weighted by Crippen LogP contribution is -2.23. The van der Waals surface area contributed by atoms with Crippen molar-refractivity contribution in [3.05, 3.63) is 72.3 Å². The zero-order valence-corrected chi connectivity index (χ0v) is 12.8. The Morgan fingerprint density at radius 3 is 2.68 bits per heavy atom. The van der Waals surface area contributed by atoms with Crippen molar-refractivity contribution >= 4 is 29.2 Å². The van der Waals surface area contributed by atoms with Crippen molar-refractivity contribution in [2.24, 2.45) is 5.10 Å². The van der Waals surface area contributed by atoms with Crippen LogP contribution in [0.1, 0.15) is 11.1 Å². The summed E-state index contributed by atoms with van der Waals surface area (Å²) in [7, 11) is 0. The molecule has 2 aromatic carbocycles. The van der Waals surface area contributed by atoms with Crippen molar-refractivity contribution in [2.75, 3.05) is 5.32 Å². The third-order valence-electron chi connectivity index (χ3n) is 2.92. The molecule has 4 nitrogen and oxygen atoms in total. The minimum absolute atomic E-state index is 0.204. The third-order valence-corrected chi connectivity index (χ3v) is 3.11. The minimum atomic E-state index is 0.204. The molecule has 0 bridgehead atoms. The Morgan fingerprint density at radius 1 is 1.18 bits per heavy atom. The van der Waals surface area contributed by atoms with Gasteiger partial charge in [0.05, 0.1) is 6.21 Å². The molecular formula is C17H17N3OS. The van der Waals surface area contributed by atoms with Gasteiger partial charge in [-0.3, -0.25) is 5.43 Å². The Morgan fingerprint density at radius 2 is 1.95 bits per heavy atom. The summed E-state index contributed by atoms with van der Waals surface area (Å²) >= 11 is 5.14. The van der Waals surface area contributed by atoms with Crippen LogP contribution in [0.15, 0.2) is 66.3 Å². The maximum absolute atomic E-state index is 10.1. The maximum atomic E-state index is 10.1. The molecule has 0 fully saturated rings. The van der Waals surface area contributed by atoms with Crippen LogP contribution in [-0.4, -0.2) is 16.4 Å². The van der Waals surface area contributed by atoms with Crippen molar-refractivity contribution in [1.82, 2.24) is 5.43 Å². The van der Waals surface area contributed by atoms with E-state index in [0.29, 0.717) is 17.1 Å². The van der Waals surface area contributed by atoms with Crippen LogP contribution < -0.4 is 10.7 Å².